The molecule has 4 nitrogen and oxygen atoms in total. The van der Waals surface area contributed by atoms with Crippen molar-refractivity contribution >= 4 is 11.6 Å². The van der Waals surface area contributed by atoms with Gasteiger partial charge in [-0.2, -0.15) is 0 Å². The van der Waals surface area contributed by atoms with Gasteiger partial charge in [-0.3, -0.25) is 9.78 Å². The summed E-state index contributed by atoms with van der Waals surface area (Å²) in [5.74, 6) is 2.26. The lowest BCUT2D eigenvalue weighted by Gasteiger charge is -2.38. The van der Waals surface area contributed by atoms with Crippen molar-refractivity contribution in [3.05, 3.63) is 24.5 Å². The number of amides is 1. The molecule has 1 saturated heterocycles. The Labute approximate surface area is 132 Å². The van der Waals surface area contributed by atoms with Gasteiger partial charge in [0.1, 0.15) is 0 Å². The van der Waals surface area contributed by atoms with Crippen molar-refractivity contribution in [3.63, 3.8) is 0 Å². The zero-order chi connectivity index (χ0) is 15.1. The summed E-state index contributed by atoms with van der Waals surface area (Å²) in [6.07, 6.45) is 9.77. The van der Waals surface area contributed by atoms with Crippen molar-refractivity contribution in [2.24, 2.45) is 17.8 Å². The molecule has 3 fully saturated rings. The number of hydrogen-bond donors (Lipinski definition) is 0. The maximum Gasteiger partial charge on any atom is 0.226 e. The number of pyridine rings is 1. The van der Waals surface area contributed by atoms with Gasteiger partial charge in [-0.05, 0) is 49.7 Å². The molecular formula is C18H25N3O. The molecule has 118 valence electrons. The first-order valence-corrected chi connectivity index (χ1v) is 8.67. The van der Waals surface area contributed by atoms with Crippen LogP contribution in [0.4, 0.5) is 5.69 Å². The highest BCUT2D eigenvalue weighted by Crippen LogP contribution is 2.58. The van der Waals surface area contributed by atoms with Crippen LogP contribution in [0.1, 0.15) is 32.1 Å². The molecule has 0 spiro atoms. The van der Waals surface area contributed by atoms with E-state index in [1.807, 2.05) is 19.4 Å². The fourth-order valence-corrected chi connectivity index (χ4v) is 4.67. The van der Waals surface area contributed by atoms with E-state index >= 15 is 0 Å². The minimum Gasteiger partial charge on any atom is -0.371 e. The summed E-state index contributed by atoms with van der Waals surface area (Å²) in [5, 5.41) is 0. The fraction of sp³-hybridized carbons (Fsp3) is 0.667. The van der Waals surface area contributed by atoms with E-state index in [1.54, 1.807) is 0 Å². The van der Waals surface area contributed by atoms with Gasteiger partial charge in [0, 0.05) is 50.2 Å². The zero-order valence-corrected chi connectivity index (χ0v) is 13.3. The standard InChI is InChI=1S/C18H25N3O/c1-20(18(22)17-15-3-2-4-16(15)17)13-7-11-21(12-8-13)14-5-9-19-10-6-14/h5-6,9-10,13,15-17H,2-4,7-8,11-12H2,1H3/t15-,16+,17?. The number of fused-ring (bicyclic) bond motifs is 1. The molecule has 0 N–H and O–H groups in total. The number of rotatable bonds is 3. The molecule has 1 unspecified atom stereocenters. The Morgan fingerprint density at radius 1 is 1.14 bits per heavy atom. The van der Waals surface area contributed by atoms with Gasteiger partial charge in [0.2, 0.25) is 5.91 Å². The molecule has 3 atom stereocenters. The van der Waals surface area contributed by atoms with Crippen molar-refractivity contribution in [2.75, 3.05) is 25.0 Å². The topological polar surface area (TPSA) is 36.4 Å². The largest absolute Gasteiger partial charge is 0.371 e. The highest BCUT2D eigenvalue weighted by atomic mass is 16.2. The quantitative estimate of drug-likeness (QED) is 0.860. The van der Waals surface area contributed by atoms with Crippen LogP contribution in [0.15, 0.2) is 24.5 Å². The van der Waals surface area contributed by atoms with Crippen LogP contribution in [0.5, 0.6) is 0 Å². The van der Waals surface area contributed by atoms with E-state index in [4.69, 9.17) is 0 Å². The van der Waals surface area contributed by atoms with Gasteiger partial charge in [-0.15, -0.1) is 0 Å². The van der Waals surface area contributed by atoms with Gasteiger partial charge in [0.05, 0.1) is 0 Å². The molecule has 4 rings (SSSR count). The molecule has 0 radical (unpaired) electrons. The Hall–Kier alpha value is -1.58. The number of anilines is 1. The van der Waals surface area contributed by atoms with Crippen LogP contribution < -0.4 is 4.90 Å². The Morgan fingerprint density at radius 3 is 2.41 bits per heavy atom. The SMILES string of the molecule is CN(C(=O)C1[C@H]2CCC[C@@H]12)C1CCN(c2ccncc2)CC1. The molecule has 1 aliphatic heterocycles. The van der Waals surface area contributed by atoms with Crippen LogP contribution >= 0.6 is 0 Å². The summed E-state index contributed by atoms with van der Waals surface area (Å²) < 4.78 is 0. The summed E-state index contributed by atoms with van der Waals surface area (Å²) in [6, 6.07) is 4.56. The number of hydrogen-bond acceptors (Lipinski definition) is 3. The number of carbonyl (C=O) groups excluding carboxylic acids is 1. The van der Waals surface area contributed by atoms with Crippen LogP contribution in [-0.4, -0.2) is 42.0 Å². The Balaban J connectivity index is 1.32. The molecule has 1 aromatic rings. The smallest absolute Gasteiger partial charge is 0.226 e. The third-order valence-electron chi connectivity index (χ3n) is 6.08. The van der Waals surface area contributed by atoms with Crippen molar-refractivity contribution < 1.29 is 4.79 Å². The van der Waals surface area contributed by atoms with Crippen LogP contribution in [-0.2, 0) is 4.79 Å². The molecular weight excluding hydrogens is 274 g/mol. The molecule has 4 heteroatoms. The van der Waals surface area contributed by atoms with Crippen molar-refractivity contribution in [1.29, 1.82) is 0 Å². The van der Waals surface area contributed by atoms with Gasteiger partial charge in [0.15, 0.2) is 0 Å². The lowest BCUT2D eigenvalue weighted by Crippen LogP contribution is -2.46. The Morgan fingerprint density at radius 2 is 1.77 bits per heavy atom. The monoisotopic (exact) mass is 299 g/mol. The maximum atomic E-state index is 12.7. The molecule has 0 aromatic carbocycles. The minimum atomic E-state index is 0.372. The van der Waals surface area contributed by atoms with Crippen LogP contribution in [0.25, 0.3) is 0 Å². The summed E-state index contributed by atoms with van der Waals surface area (Å²) in [5.41, 5.74) is 1.25. The molecule has 2 aliphatic carbocycles. The van der Waals surface area contributed by atoms with E-state index in [1.165, 1.54) is 24.9 Å². The van der Waals surface area contributed by atoms with Crippen LogP contribution in [0, 0.1) is 17.8 Å². The van der Waals surface area contributed by atoms with E-state index in [9.17, 15) is 4.79 Å². The van der Waals surface area contributed by atoms with Gasteiger partial charge in [-0.1, -0.05) is 6.42 Å². The number of piperidine rings is 1. The van der Waals surface area contributed by atoms with E-state index in [0.29, 0.717) is 17.9 Å². The molecule has 2 heterocycles. The molecule has 2 saturated carbocycles. The average molecular weight is 299 g/mol. The van der Waals surface area contributed by atoms with Gasteiger partial charge in [-0.25, -0.2) is 0 Å². The second-order valence-electron chi connectivity index (χ2n) is 7.16. The first kappa shape index (κ1) is 14.0. The minimum absolute atomic E-state index is 0.372. The van der Waals surface area contributed by atoms with E-state index in [0.717, 1.165) is 37.8 Å². The molecule has 3 aliphatic rings. The number of aromatic nitrogens is 1. The first-order chi connectivity index (χ1) is 10.8. The second kappa shape index (κ2) is 5.56. The summed E-state index contributed by atoms with van der Waals surface area (Å²) in [4.78, 5) is 21.2. The highest BCUT2D eigenvalue weighted by molar-refractivity contribution is 5.82. The van der Waals surface area contributed by atoms with E-state index in [2.05, 4.69) is 26.9 Å². The third-order valence-corrected chi connectivity index (χ3v) is 6.08. The Bertz CT molecular complexity index is 529. The molecule has 0 bridgehead atoms. The zero-order valence-electron chi connectivity index (χ0n) is 13.3. The molecule has 22 heavy (non-hydrogen) atoms. The third kappa shape index (κ3) is 2.38. The van der Waals surface area contributed by atoms with Crippen LogP contribution in [0.2, 0.25) is 0 Å². The first-order valence-electron chi connectivity index (χ1n) is 8.67. The molecule has 1 aromatic heterocycles. The average Bonchev–Trinajstić information content (AvgIpc) is 3.06. The highest BCUT2D eigenvalue weighted by Gasteiger charge is 2.57. The predicted molar refractivity (Wildman–Crippen MR) is 86.6 cm³/mol. The number of carbonyl (C=O) groups is 1. The van der Waals surface area contributed by atoms with Crippen molar-refractivity contribution in [3.8, 4) is 0 Å². The van der Waals surface area contributed by atoms with Crippen molar-refractivity contribution in [2.45, 2.75) is 38.1 Å². The van der Waals surface area contributed by atoms with Gasteiger partial charge >= 0.3 is 0 Å². The van der Waals surface area contributed by atoms with Crippen molar-refractivity contribution in [1.82, 2.24) is 9.88 Å². The fourth-order valence-electron chi connectivity index (χ4n) is 4.67. The van der Waals surface area contributed by atoms with Gasteiger partial charge in [0.25, 0.3) is 0 Å². The van der Waals surface area contributed by atoms with Gasteiger partial charge < -0.3 is 9.80 Å². The summed E-state index contributed by atoms with van der Waals surface area (Å²) >= 11 is 0. The Kier molecular flexibility index (Phi) is 3.55. The van der Waals surface area contributed by atoms with E-state index < -0.39 is 0 Å². The predicted octanol–water partition coefficient (Wildman–Crippen LogP) is 2.55. The second-order valence-corrected chi connectivity index (χ2v) is 7.16. The lowest BCUT2D eigenvalue weighted by atomic mass is 10.0. The lowest BCUT2D eigenvalue weighted by molar-refractivity contribution is -0.134. The van der Waals surface area contributed by atoms with E-state index in [-0.39, 0.29) is 0 Å². The molecule has 1 amide bonds. The summed E-state index contributed by atoms with van der Waals surface area (Å²) in [7, 11) is 2.03. The summed E-state index contributed by atoms with van der Waals surface area (Å²) in [6.45, 7) is 2.06. The van der Waals surface area contributed by atoms with Crippen LogP contribution in [0.3, 0.4) is 0 Å². The maximum absolute atomic E-state index is 12.7. The normalized spacial score (nSPS) is 31.0. The number of nitrogens with zero attached hydrogens (tertiary/aromatic N) is 3.